The lowest BCUT2D eigenvalue weighted by Crippen LogP contribution is -1.73. The molecule has 0 amide bonds. The van der Waals surface area contributed by atoms with Crippen LogP contribution < -0.4 is 0 Å². The van der Waals surface area contributed by atoms with Gasteiger partial charge in [0.15, 0.2) is 0 Å². The predicted molar refractivity (Wildman–Crippen MR) is 67.0 cm³/mol. The second-order valence-electron chi connectivity index (χ2n) is 3.76. The van der Waals surface area contributed by atoms with Crippen LogP contribution in [0.4, 0.5) is 0 Å². The first-order chi connectivity index (χ1) is 7.41. The molecule has 0 aliphatic heterocycles. The fraction of sp³-hybridized carbons (Fsp3) is 0.643. The van der Waals surface area contributed by atoms with Gasteiger partial charge in [-0.2, -0.15) is 0 Å². The van der Waals surface area contributed by atoms with Crippen LogP contribution in [0.1, 0.15) is 58.3 Å². The molecule has 0 spiro atoms. The van der Waals surface area contributed by atoms with Crippen LogP contribution in [-0.2, 0) is 4.79 Å². The zero-order valence-electron chi connectivity index (χ0n) is 9.95. The van der Waals surface area contributed by atoms with Crippen molar-refractivity contribution in [3.63, 3.8) is 0 Å². The molecule has 0 rings (SSSR count). The highest BCUT2D eigenvalue weighted by Crippen LogP contribution is 2.01. The quantitative estimate of drug-likeness (QED) is 0.295. The molecule has 0 saturated heterocycles. The molecule has 0 N–H and O–H groups in total. The van der Waals surface area contributed by atoms with Crippen LogP contribution in [0.15, 0.2) is 24.3 Å². The van der Waals surface area contributed by atoms with Gasteiger partial charge in [0, 0.05) is 6.42 Å². The minimum atomic E-state index is 0.660. The van der Waals surface area contributed by atoms with Crippen molar-refractivity contribution in [1.29, 1.82) is 0 Å². The Morgan fingerprint density at radius 2 is 1.27 bits per heavy atom. The Morgan fingerprint density at radius 1 is 0.733 bits per heavy atom. The highest BCUT2D eigenvalue weighted by atomic mass is 16.1. The third kappa shape index (κ3) is 13.2. The zero-order chi connectivity index (χ0) is 11.2. The summed E-state index contributed by atoms with van der Waals surface area (Å²) < 4.78 is 0. The van der Waals surface area contributed by atoms with E-state index in [4.69, 9.17) is 0 Å². The third-order valence-corrected chi connectivity index (χ3v) is 2.25. The molecule has 86 valence electrons. The smallest absolute Gasteiger partial charge is 0.120 e. The molecule has 0 fully saturated rings. The van der Waals surface area contributed by atoms with Crippen molar-refractivity contribution in [2.24, 2.45) is 0 Å². The molecular formula is C14H24O. The predicted octanol–water partition coefficient (Wildman–Crippen LogP) is 4.44. The van der Waals surface area contributed by atoms with Gasteiger partial charge in [0.1, 0.15) is 6.29 Å². The van der Waals surface area contributed by atoms with Gasteiger partial charge in [-0.25, -0.2) is 0 Å². The largest absolute Gasteiger partial charge is 0.303 e. The van der Waals surface area contributed by atoms with Crippen LogP contribution in [0, 0.1) is 0 Å². The number of allylic oxidation sites excluding steroid dienone is 4. The summed E-state index contributed by atoms with van der Waals surface area (Å²) in [4.78, 5) is 10.0. The second-order valence-corrected chi connectivity index (χ2v) is 3.76. The van der Waals surface area contributed by atoms with Gasteiger partial charge in [-0.3, -0.25) is 0 Å². The SMILES string of the molecule is CCCC/C=C\CCC/C=C/CCC=O. The number of aldehydes is 1. The minimum absolute atomic E-state index is 0.660. The van der Waals surface area contributed by atoms with Gasteiger partial charge < -0.3 is 4.79 Å². The number of carbonyl (C=O) groups is 1. The van der Waals surface area contributed by atoms with Crippen LogP contribution in [-0.4, -0.2) is 6.29 Å². The van der Waals surface area contributed by atoms with E-state index in [2.05, 4.69) is 31.2 Å². The Balaban J connectivity index is 3.13. The van der Waals surface area contributed by atoms with Crippen LogP contribution in [0.3, 0.4) is 0 Å². The van der Waals surface area contributed by atoms with Crippen molar-refractivity contribution in [2.45, 2.75) is 58.3 Å². The number of unbranched alkanes of at least 4 members (excludes halogenated alkanes) is 5. The van der Waals surface area contributed by atoms with E-state index in [-0.39, 0.29) is 0 Å². The maximum Gasteiger partial charge on any atom is 0.120 e. The number of carbonyl (C=O) groups excluding carboxylic acids is 1. The van der Waals surface area contributed by atoms with Crippen molar-refractivity contribution < 1.29 is 4.79 Å². The van der Waals surface area contributed by atoms with E-state index in [0.717, 1.165) is 19.1 Å². The lowest BCUT2D eigenvalue weighted by Gasteiger charge is -1.91. The molecule has 0 bridgehead atoms. The van der Waals surface area contributed by atoms with E-state index in [0.29, 0.717) is 6.42 Å². The maximum atomic E-state index is 10.0. The summed E-state index contributed by atoms with van der Waals surface area (Å²) in [6.07, 6.45) is 18.8. The molecule has 0 atom stereocenters. The number of rotatable bonds is 10. The van der Waals surface area contributed by atoms with E-state index in [1.807, 2.05) is 0 Å². The fourth-order valence-corrected chi connectivity index (χ4v) is 1.31. The first kappa shape index (κ1) is 14.2. The topological polar surface area (TPSA) is 17.1 Å². The first-order valence-corrected chi connectivity index (χ1v) is 6.15. The summed E-state index contributed by atoms with van der Waals surface area (Å²) >= 11 is 0. The highest BCUT2D eigenvalue weighted by molar-refractivity contribution is 5.49. The molecular weight excluding hydrogens is 184 g/mol. The van der Waals surface area contributed by atoms with Gasteiger partial charge in [-0.15, -0.1) is 0 Å². The highest BCUT2D eigenvalue weighted by Gasteiger charge is 1.82. The molecule has 0 unspecified atom stereocenters. The number of hydrogen-bond acceptors (Lipinski definition) is 1. The summed E-state index contributed by atoms with van der Waals surface area (Å²) in [5, 5.41) is 0. The lowest BCUT2D eigenvalue weighted by molar-refractivity contribution is -0.107. The Hall–Kier alpha value is -0.850. The Labute approximate surface area is 94.3 Å². The number of hydrogen-bond donors (Lipinski definition) is 0. The van der Waals surface area contributed by atoms with Gasteiger partial charge in [0.25, 0.3) is 0 Å². The van der Waals surface area contributed by atoms with Crippen molar-refractivity contribution in [3.05, 3.63) is 24.3 Å². The minimum Gasteiger partial charge on any atom is -0.303 e. The summed E-state index contributed by atoms with van der Waals surface area (Å²) in [7, 11) is 0. The van der Waals surface area contributed by atoms with Gasteiger partial charge in [0.05, 0.1) is 0 Å². The van der Waals surface area contributed by atoms with Crippen LogP contribution in [0.5, 0.6) is 0 Å². The zero-order valence-corrected chi connectivity index (χ0v) is 9.95. The van der Waals surface area contributed by atoms with Crippen molar-refractivity contribution in [3.8, 4) is 0 Å². The molecule has 15 heavy (non-hydrogen) atoms. The fourth-order valence-electron chi connectivity index (χ4n) is 1.31. The molecule has 0 aromatic heterocycles. The second kappa shape index (κ2) is 13.2. The summed E-state index contributed by atoms with van der Waals surface area (Å²) in [6, 6.07) is 0. The van der Waals surface area contributed by atoms with Crippen molar-refractivity contribution in [1.82, 2.24) is 0 Å². The molecule has 1 heteroatoms. The van der Waals surface area contributed by atoms with Crippen LogP contribution in [0.2, 0.25) is 0 Å². The standard InChI is InChI=1S/C14H24O/c1-2-3-4-5-6-7-8-9-10-11-12-13-14-15/h5-6,10-11,14H,2-4,7-9,12-13H2,1H3/b6-5-,11-10+. The summed E-state index contributed by atoms with van der Waals surface area (Å²) in [5.74, 6) is 0. The molecule has 0 aromatic rings. The van der Waals surface area contributed by atoms with Crippen molar-refractivity contribution >= 4 is 6.29 Å². The average Bonchev–Trinajstić information content (AvgIpc) is 2.26. The van der Waals surface area contributed by atoms with E-state index in [9.17, 15) is 4.79 Å². The van der Waals surface area contributed by atoms with Crippen molar-refractivity contribution in [2.75, 3.05) is 0 Å². The Kier molecular flexibility index (Phi) is 12.4. The van der Waals surface area contributed by atoms with Gasteiger partial charge in [0.2, 0.25) is 0 Å². The lowest BCUT2D eigenvalue weighted by atomic mass is 10.2. The Morgan fingerprint density at radius 3 is 1.80 bits per heavy atom. The first-order valence-electron chi connectivity index (χ1n) is 6.15. The normalized spacial score (nSPS) is 11.5. The molecule has 0 saturated carbocycles. The Bertz CT molecular complexity index is 180. The summed E-state index contributed by atoms with van der Waals surface area (Å²) in [5.41, 5.74) is 0. The molecule has 0 heterocycles. The maximum absolute atomic E-state index is 10.0. The van der Waals surface area contributed by atoms with Crippen LogP contribution in [0.25, 0.3) is 0 Å². The van der Waals surface area contributed by atoms with E-state index in [1.54, 1.807) is 0 Å². The molecule has 0 aliphatic carbocycles. The molecule has 0 aromatic carbocycles. The van der Waals surface area contributed by atoms with E-state index in [1.165, 1.54) is 32.1 Å². The van der Waals surface area contributed by atoms with Gasteiger partial charge >= 0.3 is 0 Å². The third-order valence-electron chi connectivity index (χ3n) is 2.25. The molecule has 1 nitrogen and oxygen atoms in total. The molecule has 0 radical (unpaired) electrons. The van der Waals surface area contributed by atoms with Gasteiger partial charge in [-0.05, 0) is 32.1 Å². The summed E-state index contributed by atoms with van der Waals surface area (Å²) in [6.45, 7) is 2.22. The van der Waals surface area contributed by atoms with Gasteiger partial charge in [-0.1, -0.05) is 44.1 Å². The monoisotopic (exact) mass is 208 g/mol. The molecule has 0 aliphatic rings. The van der Waals surface area contributed by atoms with E-state index >= 15 is 0 Å². The average molecular weight is 208 g/mol. The van der Waals surface area contributed by atoms with Crippen LogP contribution >= 0.6 is 0 Å². The van der Waals surface area contributed by atoms with E-state index < -0.39 is 0 Å².